The van der Waals surface area contributed by atoms with Crippen LogP contribution in [0.5, 0.6) is 5.75 Å². The van der Waals surface area contributed by atoms with E-state index >= 15 is 0 Å². The number of sulfonamides is 1. The topological polar surface area (TPSA) is 71.5 Å². The monoisotopic (exact) mass is 509 g/mol. The number of ether oxygens (including phenoxy) is 1. The van der Waals surface area contributed by atoms with Crippen LogP contribution in [0.15, 0.2) is 23.1 Å². The average Bonchev–Trinajstić information content (AvgIpc) is 2.89. The Morgan fingerprint density at radius 2 is 2.15 bits per heavy atom. The predicted molar refractivity (Wildman–Crippen MR) is 112 cm³/mol. The van der Waals surface area contributed by atoms with E-state index in [9.17, 15) is 8.42 Å². The van der Waals surface area contributed by atoms with Crippen molar-refractivity contribution in [2.24, 2.45) is 0 Å². The van der Waals surface area contributed by atoms with Crippen LogP contribution in [0, 0.1) is 3.70 Å². The molecule has 1 aliphatic rings. The van der Waals surface area contributed by atoms with Gasteiger partial charge in [0.2, 0.25) is 10.0 Å². The highest BCUT2D eigenvalue weighted by Crippen LogP contribution is 2.37. The number of hydrogen-bond donors (Lipinski definition) is 1. The summed E-state index contributed by atoms with van der Waals surface area (Å²) >= 11 is 8.41. The Balaban J connectivity index is 2.17. The fraction of sp³-hybridized carbons (Fsp3) is 0.471. The molecule has 0 aliphatic carbocycles. The third kappa shape index (κ3) is 4.09. The Hall–Kier alpha value is -0.680. The van der Waals surface area contributed by atoms with Gasteiger partial charge in [0, 0.05) is 25.0 Å². The van der Waals surface area contributed by atoms with Crippen molar-refractivity contribution in [3.63, 3.8) is 0 Å². The van der Waals surface area contributed by atoms with E-state index in [4.69, 9.17) is 16.3 Å². The van der Waals surface area contributed by atoms with E-state index in [2.05, 4.69) is 10.3 Å². The van der Waals surface area contributed by atoms with Gasteiger partial charge in [-0.2, -0.15) is 4.31 Å². The SMILES string of the molecule is CCCOc1ccc(S(=O)(=O)N2CCCNCC2)c2cc(I)nc(Cl)c12. The second-order valence-electron chi connectivity index (χ2n) is 6.08. The van der Waals surface area contributed by atoms with Crippen molar-refractivity contribution in [3.05, 3.63) is 27.1 Å². The molecule has 0 amide bonds. The molecule has 1 fully saturated rings. The lowest BCUT2D eigenvalue weighted by Crippen LogP contribution is -2.34. The molecule has 26 heavy (non-hydrogen) atoms. The largest absolute Gasteiger partial charge is 0.493 e. The summed E-state index contributed by atoms with van der Waals surface area (Å²) in [6.07, 6.45) is 1.63. The number of hydrogen-bond acceptors (Lipinski definition) is 5. The van der Waals surface area contributed by atoms with Crippen molar-refractivity contribution < 1.29 is 13.2 Å². The summed E-state index contributed by atoms with van der Waals surface area (Å²) in [6.45, 7) is 4.96. The number of halogens is 2. The van der Waals surface area contributed by atoms with Gasteiger partial charge in [-0.3, -0.25) is 0 Å². The quantitative estimate of drug-likeness (QED) is 0.495. The van der Waals surface area contributed by atoms with Gasteiger partial charge in [0.05, 0.1) is 16.9 Å². The summed E-state index contributed by atoms with van der Waals surface area (Å²) in [5.41, 5.74) is 0. The van der Waals surface area contributed by atoms with Gasteiger partial charge in [-0.15, -0.1) is 0 Å². The first-order valence-electron chi connectivity index (χ1n) is 8.57. The number of rotatable bonds is 5. The third-order valence-corrected chi connectivity index (χ3v) is 7.00. The van der Waals surface area contributed by atoms with E-state index in [0.29, 0.717) is 46.5 Å². The molecule has 1 N–H and O–H groups in total. The van der Waals surface area contributed by atoms with Crippen LogP contribution in [0.1, 0.15) is 19.8 Å². The molecule has 1 aliphatic heterocycles. The molecule has 3 rings (SSSR count). The van der Waals surface area contributed by atoms with E-state index in [-0.39, 0.29) is 10.0 Å². The van der Waals surface area contributed by atoms with Crippen LogP contribution in [0.2, 0.25) is 5.15 Å². The Morgan fingerprint density at radius 1 is 1.35 bits per heavy atom. The molecule has 6 nitrogen and oxygen atoms in total. The Labute approximate surface area is 172 Å². The highest BCUT2D eigenvalue weighted by Gasteiger charge is 2.28. The van der Waals surface area contributed by atoms with Crippen molar-refractivity contribution in [2.45, 2.75) is 24.7 Å². The van der Waals surface area contributed by atoms with Crippen molar-refractivity contribution in [3.8, 4) is 5.75 Å². The fourth-order valence-electron chi connectivity index (χ4n) is 3.00. The molecule has 1 saturated heterocycles. The lowest BCUT2D eigenvalue weighted by molar-refractivity contribution is 0.321. The molecule has 0 saturated carbocycles. The first-order valence-corrected chi connectivity index (χ1v) is 11.5. The van der Waals surface area contributed by atoms with Gasteiger partial charge in [-0.05, 0) is 60.2 Å². The van der Waals surface area contributed by atoms with Crippen LogP contribution in [0.25, 0.3) is 10.8 Å². The lowest BCUT2D eigenvalue weighted by Gasteiger charge is -2.21. The maximum Gasteiger partial charge on any atom is 0.243 e. The van der Waals surface area contributed by atoms with Gasteiger partial charge in [-0.1, -0.05) is 18.5 Å². The van der Waals surface area contributed by atoms with Crippen molar-refractivity contribution in [1.29, 1.82) is 0 Å². The first-order chi connectivity index (χ1) is 12.4. The minimum atomic E-state index is -3.63. The van der Waals surface area contributed by atoms with Crippen LogP contribution in [0.4, 0.5) is 0 Å². The van der Waals surface area contributed by atoms with Crippen LogP contribution in [0.3, 0.4) is 0 Å². The molecule has 1 aromatic carbocycles. The summed E-state index contributed by atoms with van der Waals surface area (Å²) in [5.74, 6) is 0.562. The van der Waals surface area contributed by atoms with E-state index < -0.39 is 10.0 Å². The standard InChI is InChI=1S/C17H21ClIN3O3S/c1-2-10-25-13-4-5-14(12-11-15(19)21-17(18)16(12)13)26(23,24)22-8-3-6-20-7-9-22/h4-5,11,20H,2-3,6-10H2,1H3. The number of nitrogens with one attached hydrogen (secondary N) is 1. The smallest absolute Gasteiger partial charge is 0.243 e. The van der Waals surface area contributed by atoms with Gasteiger partial charge < -0.3 is 10.1 Å². The second kappa shape index (κ2) is 8.55. The molecule has 0 bridgehead atoms. The van der Waals surface area contributed by atoms with Crippen LogP contribution < -0.4 is 10.1 Å². The zero-order valence-corrected chi connectivity index (χ0v) is 18.2. The minimum absolute atomic E-state index is 0.250. The highest BCUT2D eigenvalue weighted by molar-refractivity contribution is 14.1. The molecule has 1 aromatic heterocycles. The Morgan fingerprint density at radius 3 is 2.92 bits per heavy atom. The zero-order valence-electron chi connectivity index (χ0n) is 14.5. The number of nitrogens with zero attached hydrogens (tertiary/aromatic N) is 2. The van der Waals surface area contributed by atoms with E-state index in [1.165, 1.54) is 4.31 Å². The van der Waals surface area contributed by atoms with Crippen LogP contribution in [-0.4, -0.2) is 50.5 Å². The molecule has 0 radical (unpaired) electrons. The van der Waals surface area contributed by atoms with Gasteiger partial charge >= 0.3 is 0 Å². The predicted octanol–water partition coefficient (Wildman–Crippen LogP) is 3.27. The second-order valence-corrected chi connectivity index (χ2v) is 9.45. The maximum absolute atomic E-state index is 13.3. The summed E-state index contributed by atoms with van der Waals surface area (Å²) in [6, 6.07) is 5.05. The van der Waals surface area contributed by atoms with Gasteiger partial charge in [0.25, 0.3) is 0 Å². The van der Waals surface area contributed by atoms with Crippen molar-refractivity contribution in [1.82, 2.24) is 14.6 Å². The first kappa shape index (κ1) is 20.1. The molecule has 142 valence electrons. The summed E-state index contributed by atoms with van der Waals surface area (Å²) in [5, 5.41) is 4.59. The van der Waals surface area contributed by atoms with E-state index in [1.807, 2.05) is 29.5 Å². The number of fused-ring (bicyclic) bond motifs is 1. The zero-order chi connectivity index (χ0) is 18.7. The molecule has 0 spiro atoms. The number of benzene rings is 1. The van der Waals surface area contributed by atoms with E-state index in [1.54, 1.807) is 18.2 Å². The van der Waals surface area contributed by atoms with E-state index in [0.717, 1.165) is 19.4 Å². The maximum atomic E-state index is 13.3. The van der Waals surface area contributed by atoms with Crippen molar-refractivity contribution in [2.75, 3.05) is 32.8 Å². The van der Waals surface area contributed by atoms with Crippen LogP contribution in [-0.2, 0) is 10.0 Å². The van der Waals surface area contributed by atoms with Gasteiger partial charge in [0.15, 0.2) is 0 Å². The Kier molecular flexibility index (Phi) is 6.60. The van der Waals surface area contributed by atoms with Gasteiger partial charge in [0.1, 0.15) is 14.6 Å². The highest BCUT2D eigenvalue weighted by atomic mass is 127. The average molecular weight is 510 g/mol. The minimum Gasteiger partial charge on any atom is -0.493 e. The van der Waals surface area contributed by atoms with Crippen molar-refractivity contribution >= 4 is 55.0 Å². The molecular weight excluding hydrogens is 489 g/mol. The van der Waals surface area contributed by atoms with Crippen LogP contribution >= 0.6 is 34.2 Å². The molecule has 2 aromatic rings. The molecule has 0 atom stereocenters. The normalized spacial score (nSPS) is 16.6. The molecule has 2 heterocycles. The molecular formula is C17H21ClIN3O3S. The Bertz CT molecular complexity index is 900. The third-order valence-electron chi connectivity index (χ3n) is 4.22. The summed E-state index contributed by atoms with van der Waals surface area (Å²) < 4.78 is 34.5. The summed E-state index contributed by atoms with van der Waals surface area (Å²) in [4.78, 5) is 4.53. The molecule has 9 heteroatoms. The van der Waals surface area contributed by atoms with Gasteiger partial charge in [-0.25, -0.2) is 13.4 Å². The number of pyridine rings is 1. The lowest BCUT2D eigenvalue weighted by atomic mass is 10.1. The fourth-order valence-corrected chi connectivity index (χ4v) is 5.63. The molecule has 0 unspecified atom stereocenters. The summed E-state index contributed by atoms with van der Waals surface area (Å²) in [7, 11) is -3.63. The number of aromatic nitrogens is 1.